The molecule has 0 aliphatic carbocycles. The lowest BCUT2D eigenvalue weighted by Crippen LogP contribution is -2.20. The Morgan fingerprint density at radius 1 is 1.12 bits per heavy atom. The maximum absolute atomic E-state index is 12.5. The molecule has 0 spiro atoms. The van der Waals surface area contributed by atoms with Crippen molar-refractivity contribution in [3.8, 4) is 5.75 Å². The van der Waals surface area contributed by atoms with E-state index < -0.39 is 6.09 Å². The number of hydrogen-bond acceptors (Lipinski definition) is 6. The van der Waals surface area contributed by atoms with Crippen LogP contribution in [0, 0.1) is 20.8 Å². The largest absolute Gasteiger partial charge is 0.417 e. The molecule has 0 bridgehead atoms. The SMILES string of the molecule is Cc1cc(N2CCC(c3ccccc3)C2)c2cc(NC(=O)Oc3c(C)noc3C)ccc2n1. The topological polar surface area (TPSA) is 80.5 Å². The summed E-state index contributed by atoms with van der Waals surface area (Å²) in [5.74, 6) is 1.31. The van der Waals surface area contributed by atoms with Gasteiger partial charge in [0.15, 0.2) is 11.5 Å². The minimum Gasteiger partial charge on any atom is -0.404 e. The van der Waals surface area contributed by atoms with Gasteiger partial charge in [-0.15, -0.1) is 0 Å². The molecule has 1 aliphatic rings. The Kier molecular flexibility index (Phi) is 5.46. The number of nitrogens with zero attached hydrogens (tertiary/aromatic N) is 3. The number of anilines is 2. The third kappa shape index (κ3) is 4.26. The predicted octanol–water partition coefficient (Wildman–Crippen LogP) is 5.75. The van der Waals surface area contributed by atoms with Gasteiger partial charge in [-0.2, -0.15) is 0 Å². The van der Waals surface area contributed by atoms with Gasteiger partial charge in [0.05, 0.1) is 5.52 Å². The maximum atomic E-state index is 12.5. The predicted molar refractivity (Wildman–Crippen MR) is 128 cm³/mol. The average Bonchev–Trinajstić information content (AvgIpc) is 3.42. The van der Waals surface area contributed by atoms with E-state index in [1.165, 1.54) is 5.56 Å². The second kappa shape index (κ2) is 8.58. The van der Waals surface area contributed by atoms with E-state index in [4.69, 9.17) is 14.2 Å². The number of amides is 1. The number of benzene rings is 2. The Bertz CT molecular complexity index is 1300. The van der Waals surface area contributed by atoms with Crippen molar-refractivity contribution in [2.24, 2.45) is 0 Å². The number of ether oxygens (including phenoxy) is 1. The van der Waals surface area contributed by atoms with Crippen molar-refractivity contribution in [1.82, 2.24) is 10.1 Å². The summed E-state index contributed by atoms with van der Waals surface area (Å²) < 4.78 is 10.5. The summed E-state index contributed by atoms with van der Waals surface area (Å²) in [6.07, 6.45) is 0.518. The highest BCUT2D eigenvalue weighted by molar-refractivity contribution is 5.97. The summed E-state index contributed by atoms with van der Waals surface area (Å²) in [4.78, 5) is 19.6. The Balaban J connectivity index is 1.40. The van der Waals surface area contributed by atoms with E-state index in [1.807, 2.05) is 25.1 Å². The minimum atomic E-state index is -0.587. The van der Waals surface area contributed by atoms with Crippen molar-refractivity contribution in [3.05, 3.63) is 77.3 Å². The van der Waals surface area contributed by atoms with Gasteiger partial charge in [-0.3, -0.25) is 10.3 Å². The zero-order valence-corrected chi connectivity index (χ0v) is 19.0. The molecule has 1 unspecified atom stereocenters. The fourth-order valence-electron chi connectivity index (χ4n) is 4.51. The summed E-state index contributed by atoms with van der Waals surface area (Å²) >= 11 is 0. The van der Waals surface area contributed by atoms with Crippen LogP contribution < -0.4 is 15.0 Å². The lowest BCUT2D eigenvalue weighted by atomic mass is 9.99. The van der Waals surface area contributed by atoms with Crippen LogP contribution in [0.4, 0.5) is 16.2 Å². The number of fused-ring (bicyclic) bond motifs is 1. The number of aromatic nitrogens is 2. The highest BCUT2D eigenvalue weighted by Gasteiger charge is 2.25. The normalized spacial score (nSPS) is 15.7. The van der Waals surface area contributed by atoms with E-state index in [2.05, 4.69) is 51.8 Å². The molecule has 7 heteroatoms. The molecule has 1 N–H and O–H groups in total. The van der Waals surface area contributed by atoms with Gasteiger partial charge in [0.2, 0.25) is 0 Å². The number of rotatable bonds is 4. The van der Waals surface area contributed by atoms with E-state index in [0.29, 0.717) is 28.8 Å². The Labute approximate surface area is 192 Å². The van der Waals surface area contributed by atoms with Gasteiger partial charge < -0.3 is 14.2 Å². The summed E-state index contributed by atoms with van der Waals surface area (Å²) in [7, 11) is 0. The van der Waals surface area contributed by atoms with Crippen LogP contribution in [0.3, 0.4) is 0 Å². The molecular weight excluding hydrogens is 416 g/mol. The van der Waals surface area contributed by atoms with Gasteiger partial charge in [0, 0.05) is 48.4 Å². The van der Waals surface area contributed by atoms with E-state index in [1.54, 1.807) is 13.8 Å². The number of aryl methyl sites for hydroxylation is 3. The first-order chi connectivity index (χ1) is 16.0. The molecule has 4 aromatic rings. The lowest BCUT2D eigenvalue weighted by Gasteiger charge is -2.22. The maximum Gasteiger partial charge on any atom is 0.417 e. The van der Waals surface area contributed by atoms with Gasteiger partial charge in [0.1, 0.15) is 5.69 Å². The monoisotopic (exact) mass is 442 g/mol. The second-order valence-electron chi connectivity index (χ2n) is 8.52. The van der Waals surface area contributed by atoms with Crippen LogP contribution >= 0.6 is 0 Å². The van der Waals surface area contributed by atoms with Crippen LogP contribution in [0.1, 0.15) is 35.1 Å². The summed E-state index contributed by atoms with van der Waals surface area (Å²) in [5, 5.41) is 7.64. The van der Waals surface area contributed by atoms with E-state index in [9.17, 15) is 4.79 Å². The van der Waals surface area contributed by atoms with Gasteiger partial charge in [-0.05, 0) is 50.1 Å². The van der Waals surface area contributed by atoms with Gasteiger partial charge in [-0.25, -0.2) is 4.79 Å². The van der Waals surface area contributed by atoms with Crippen LogP contribution in [-0.2, 0) is 0 Å². The fraction of sp³-hybridized carbons (Fsp3) is 0.269. The van der Waals surface area contributed by atoms with E-state index in [-0.39, 0.29) is 0 Å². The van der Waals surface area contributed by atoms with Crippen LogP contribution in [0.2, 0.25) is 0 Å². The average molecular weight is 443 g/mol. The van der Waals surface area contributed by atoms with Crippen molar-refractivity contribution >= 4 is 28.4 Å². The number of carbonyl (C=O) groups excluding carboxylic acids is 1. The Morgan fingerprint density at radius 2 is 1.94 bits per heavy atom. The molecule has 1 amide bonds. The van der Waals surface area contributed by atoms with Crippen molar-refractivity contribution in [2.45, 2.75) is 33.1 Å². The van der Waals surface area contributed by atoms with Gasteiger partial charge in [-0.1, -0.05) is 35.5 Å². The molecule has 1 fully saturated rings. The van der Waals surface area contributed by atoms with Crippen LogP contribution in [0.25, 0.3) is 10.9 Å². The third-order valence-electron chi connectivity index (χ3n) is 6.12. The number of nitrogens with one attached hydrogen (secondary N) is 1. The Hall–Kier alpha value is -3.87. The molecular formula is C26H26N4O3. The van der Waals surface area contributed by atoms with E-state index >= 15 is 0 Å². The number of hydrogen-bond donors (Lipinski definition) is 1. The highest BCUT2D eigenvalue weighted by Crippen LogP contribution is 2.35. The van der Waals surface area contributed by atoms with Crippen LogP contribution in [0.15, 0.2) is 59.1 Å². The third-order valence-corrected chi connectivity index (χ3v) is 6.12. The lowest BCUT2D eigenvalue weighted by molar-refractivity contribution is 0.214. The highest BCUT2D eigenvalue weighted by atomic mass is 16.6. The van der Waals surface area contributed by atoms with Gasteiger partial charge in [0.25, 0.3) is 0 Å². The minimum absolute atomic E-state index is 0.343. The number of carbonyl (C=O) groups is 1. The molecule has 168 valence electrons. The molecule has 0 saturated carbocycles. The molecule has 33 heavy (non-hydrogen) atoms. The zero-order valence-electron chi connectivity index (χ0n) is 19.0. The fourth-order valence-corrected chi connectivity index (χ4v) is 4.51. The first-order valence-electron chi connectivity index (χ1n) is 11.1. The standard InChI is InChI=1S/C26H26N4O3/c1-16-13-24(30-12-11-20(15-30)19-7-5-4-6-8-19)22-14-21(9-10-23(22)27-16)28-26(31)32-25-17(2)29-33-18(25)3/h4-10,13-14,20H,11-12,15H2,1-3H3,(H,28,31). The molecule has 1 atom stereocenters. The van der Waals surface area contributed by atoms with Crippen molar-refractivity contribution in [2.75, 3.05) is 23.3 Å². The van der Waals surface area contributed by atoms with Crippen molar-refractivity contribution < 1.29 is 14.1 Å². The van der Waals surface area contributed by atoms with Crippen LogP contribution in [-0.4, -0.2) is 29.3 Å². The summed E-state index contributed by atoms with van der Waals surface area (Å²) in [5.41, 5.74) is 5.56. The molecule has 7 nitrogen and oxygen atoms in total. The first kappa shape index (κ1) is 21.0. The quantitative estimate of drug-likeness (QED) is 0.433. The molecule has 3 heterocycles. The summed E-state index contributed by atoms with van der Waals surface area (Å²) in [6, 6.07) is 18.5. The molecule has 0 radical (unpaired) electrons. The smallest absolute Gasteiger partial charge is 0.404 e. The molecule has 2 aromatic carbocycles. The molecule has 1 aliphatic heterocycles. The van der Waals surface area contributed by atoms with Crippen molar-refractivity contribution in [1.29, 1.82) is 0 Å². The van der Waals surface area contributed by atoms with Crippen molar-refractivity contribution in [3.63, 3.8) is 0 Å². The van der Waals surface area contributed by atoms with Gasteiger partial charge >= 0.3 is 6.09 Å². The molecule has 5 rings (SSSR count). The molecule has 2 aromatic heterocycles. The number of pyridine rings is 1. The first-order valence-corrected chi connectivity index (χ1v) is 11.1. The summed E-state index contributed by atoms with van der Waals surface area (Å²) in [6.45, 7) is 7.38. The Morgan fingerprint density at radius 3 is 2.70 bits per heavy atom. The second-order valence-corrected chi connectivity index (χ2v) is 8.52. The van der Waals surface area contributed by atoms with E-state index in [0.717, 1.165) is 41.8 Å². The molecule has 1 saturated heterocycles. The van der Waals surface area contributed by atoms with Crippen LogP contribution in [0.5, 0.6) is 5.75 Å². The zero-order chi connectivity index (χ0) is 22.9.